The second-order valence-electron chi connectivity index (χ2n) is 8.19. The fourth-order valence-electron chi connectivity index (χ4n) is 3.70. The smallest absolute Gasteiger partial charge is 0.357 e. The van der Waals surface area contributed by atoms with Crippen LogP contribution in [0.3, 0.4) is 0 Å². The van der Waals surface area contributed by atoms with Crippen molar-refractivity contribution in [1.82, 2.24) is 29.7 Å². The highest BCUT2D eigenvalue weighted by molar-refractivity contribution is 5.81. The van der Waals surface area contributed by atoms with Gasteiger partial charge in [0.1, 0.15) is 11.8 Å². The molecule has 1 atom stereocenters. The average molecular weight is 484 g/mol. The maximum atomic E-state index is 12.4. The van der Waals surface area contributed by atoms with Gasteiger partial charge < -0.3 is 5.32 Å². The molecule has 1 amide bonds. The third-order valence-corrected chi connectivity index (χ3v) is 5.63. The summed E-state index contributed by atoms with van der Waals surface area (Å²) in [5, 5.41) is 11.3. The first-order valence-electron chi connectivity index (χ1n) is 10.9. The highest BCUT2D eigenvalue weighted by atomic mass is 19.4. The standard InChI is InChI=1S/C24H23F3N6O2/c1-15(23(35)28-2)32-14-19(12-30-32)18-10-22-29-13-21(33(22)31-11-18)17-5-3-4-16(8-17)9-20(34)6-7-24(25,26)27/h3-5,8,10-15H,6-7,9H2,1-2H3,(H,28,35). The van der Waals surface area contributed by atoms with Crippen LogP contribution in [0.15, 0.2) is 55.1 Å². The van der Waals surface area contributed by atoms with Gasteiger partial charge in [-0.3, -0.25) is 14.3 Å². The molecule has 11 heteroatoms. The Morgan fingerprint density at radius 2 is 1.83 bits per heavy atom. The summed E-state index contributed by atoms with van der Waals surface area (Å²) in [6.45, 7) is 1.75. The maximum Gasteiger partial charge on any atom is 0.389 e. The summed E-state index contributed by atoms with van der Waals surface area (Å²) in [6.07, 6.45) is 0.645. The molecule has 3 aromatic heterocycles. The SMILES string of the molecule is CNC(=O)C(C)n1cc(-c2cnn3c(-c4cccc(CC(=O)CCC(F)(F)F)c4)cnc3c2)cn1. The monoisotopic (exact) mass is 484 g/mol. The van der Waals surface area contributed by atoms with Gasteiger partial charge in [0.2, 0.25) is 5.91 Å². The van der Waals surface area contributed by atoms with Crippen molar-refractivity contribution < 1.29 is 22.8 Å². The van der Waals surface area contributed by atoms with Crippen LogP contribution in [0.5, 0.6) is 0 Å². The van der Waals surface area contributed by atoms with Crippen molar-refractivity contribution in [3.8, 4) is 22.4 Å². The highest BCUT2D eigenvalue weighted by Gasteiger charge is 2.27. The summed E-state index contributed by atoms with van der Waals surface area (Å²) in [7, 11) is 1.57. The van der Waals surface area contributed by atoms with Crippen molar-refractivity contribution in [2.24, 2.45) is 0 Å². The fraction of sp³-hybridized carbons (Fsp3) is 0.292. The van der Waals surface area contributed by atoms with Gasteiger partial charge in [0.25, 0.3) is 0 Å². The van der Waals surface area contributed by atoms with Gasteiger partial charge in [-0.15, -0.1) is 0 Å². The van der Waals surface area contributed by atoms with E-state index >= 15 is 0 Å². The van der Waals surface area contributed by atoms with Crippen LogP contribution >= 0.6 is 0 Å². The predicted molar refractivity (Wildman–Crippen MR) is 122 cm³/mol. The van der Waals surface area contributed by atoms with E-state index in [0.29, 0.717) is 16.9 Å². The Bertz CT molecular complexity index is 1380. The van der Waals surface area contributed by atoms with Crippen LogP contribution in [0, 0.1) is 0 Å². The predicted octanol–water partition coefficient (Wildman–Crippen LogP) is 4.02. The number of fused-ring (bicyclic) bond motifs is 1. The maximum absolute atomic E-state index is 12.4. The second kappa shape index (κ2) is 9.69. The molecule has 0 bridgehead atoms. The van der Waals surface area contributed by atoms with E-state index in [0.717, 1.165) is 16.7 Å². The average Bonchev–Trinajstić information content (AvgIpc) is 3.48. The summed E-state index contributed by atoms with van der Waals surface area (Å²) < 4.78 is 40.4. The van der Waals surface area contributed by atoms with Crippen molar-refractivity contribution in [3.63, 3.8) is 0 Å². The summed E-state index contributed by atoms with van der Waals surface area (Å²) in [4.78, 5) is 28.3. The van der Waals surface area contributed by atoms with E-state index in [-0.39, 0.29) is 12.3 Å². The number of Topliss-reactive ketones (excluding diaryl/α,β-unsaturated/α-hetero) is 1. The summed E-state index contributed by atoms with van der Waals surface area (Å²) >= 11 is 0. The lowest BCUT2D eigenvalue weighted by molar-refractivity contribution is -0.143. The van der Waals surface area contributed by atoms with Crippen LogP contribution in [-0.4, -0.2) is 49.3 Å². The largest absolute Gasteiger partial charge is 0.389 e. The quantitative estimate of drug-likeness (QED) is 0.408. The van der Waals surface area contributed by atoms with Crippen LogP contribution in [0.25, 0.3) is 28.0 Å². The number of likely N-dealkylation sites (N-methyl/N-ethyl adjacent to an activating group) is 1. The fourth-order valence-corrected chi connectivity index (χ4v) is 3.70. The van der Waals surface area contributed by atoms with Crippen molar-refractivity contribution >= 4 is 17.3 Å². The molecule has 8 nitrogen and oxygen atoms in total. The molecule has 0 saturated heterocycles. The lowest BCUT2D eigenvalue weighted by Gasteiger charge is -2.09. The number of nitrogens with one attached hydrogen (secondary N) is 1. The third-order valence-electron chi connectivity index (χ3n) is 5.63. The zero-order chi connectivity index (χ0) is 25.2. The minimum absolute atomic E-state index is 0.0727. The topological polar surface area (TPSA) is 94.2 Å². The third kappa shape index (κ3) is 5.56. The molecule has 0 aliphatic carbocycles. The number of halogens is 3. The van der Waals surface area contributed by atoms with Crippen molar-refractivity contribution in [1.29, 1.82) is 0 Å². The Hall–Kier alpha value is -4.02. The first-order chi connectivity index (χ1) is 16.6. The Balaban J connectivity index is 1.54. The molecule has 0 fully saturated rings. The number of imidazole rings is 1. The Kier molecular flexibility index (Phi) is 6.68. The molecule has 35 heavy (non-hydrogen) atoms. The zero-order valence-corrected chi connectivity index (χ0v) is 19.1. The normalized spacial score (nSPS) is 12.6. The molecule has 1 aromatic carbocycles. The lowest BCUT2D eigenvalue weighted by Crippen LogP contribution is -2.27. The molecule has 0 radical (unpaired) electrons. The summed E-state index contributed by atoms with van der Waals surface area (Å²) in [5.74, 6) is -0.623. The molecule has 182 valence electrons. The molecule has 3 heterocycles. The molecule has 0 saturated carbocycles. The van der Waals surface area contributed by atoms with E-state index < -0.39 is 30.8 Å². The number of carbonyl (C=O) groups excluding carboxylic acids is 2. The van der Waals surface area contributed by atoms with Crippen LogP contribution in [0.1, 0.15) is 31.4 Å². The van der Waals surface area contributed by atoms with Gasteiger partial charge in [-0.2, -0.15) is 23.4 Å². The van der Waals surface area contributed by atoms with Crippen molar-refractivity contribution in [2.75, 3.05) is 7.05 Å². The van der Waals surface area contributed by atoms with E-state index in [2.05, 4.69) is 20.5 Å². The summed E-state index contributed by atoms with van der Waals surface area (Å²) in [5.41, 5.74) is 4.18. The van der Waals surface area contributed by atoms with E-state index in [9.17, 15) is 22.8 Å². The van der Waals surface area contributed by atoms with Crippen LogP contribution in [0.4, 0.5) is 13.2 Å². The van der Waals surface area contributed by atoms with Gasteiger partial charge in [-0.1, -0.05) is 18.2 Å². The summed E-state index contributed by atoms with van der Waals surface area (Å²) in [6, 6.07) is 8.42. The number of hydrogen-bond donors (Lipinski definition) is 1. The number of amides is 1. The number of carbonyl (C=O) groups is 2. The van der Waals surface area contributed by atoms with E-state index in [1.165, 1.54) is 0 Å². The zero-order valence-electron chi connectivity index (χ0n) is 19.1. The van der Waals surface area contributed by atoms with Gasteiger partial charge in [-0.25, -0.2) is 9.50 Å². The van der Waals surface area contributed by atoms with Gasteiger partial charge in [0, 0.05) is 42.8 Å². The molecule has 4 rings (SSSR count). The first kappa shape index (κ1) is 24.1. The molecule has 0 aliphatic heterocycles. The lowest BCUT2D eigenvalue weighted by atomic mass is 10.0. The van der Waals surface area contributed by atoms with Crippen LogP contribution in [0.2, 0.25) is 0 Å². The van der Waals surface area contributed by atoms with Crippen molar-refractivity contribution in [3.05, 3.63) is 60.7 Å². The molecule has 0 spiro atoms. The molecule has 1 unspecified atom stereocenters. The number of aromatic nitrogens is 5. The minimum Gasteiger partial charge on any atom is -0.357 e. The Labute approximate surface area is 198 Å². The van der Waals surface area contributed by atoms with Crippen LogP contribution < -0.4 is 5.32 Å². The molecule has 4 aromatic rings. The van der Waals surface area contributed by atoms with Crippen LogP contribution in [-0.2, 0) is 16.0 Å². The number of alkyl halides is 3. The van der Waals surface area contributed by atoms with Gasteiger partial charge in [-0.05, 0) is 24.6 Å². The molecule has 0 aliphatic rings. The number of rotatable bonds is 8. The number of hydrogen-bond acceptors (Lipinski definition) is 5. The second-order valence-corrected chi connectivity index (χ2v) is 8.19. The van der Waals surface area contributed by atoms with Gasteiger partial charge in [0.15, 0.2) is 5.65 Å². The Morgan fingerprint density at radius 3 is 2.57 bits per heavy atom. The number of nitrogens with zero attached hydrogens (tertiary/aromatic N) is 5. The first-order valence-corrected chi connectivity index (χ1v) is 10.9. The number of ketones is 1. The van der Waals surface area contributed by atoms with Gasteiger partial charge in [0.05, 0.1) is 30.7 Å². The van der Waals surface area contributed by atoms with Crippen molar-refractivity contribution in [2.45, 2.75) is 38.4 Å². The van der Waals surface area contributed by atoms with E-state index in [1.54, 1.807) is 66.2 Å². The Morgan fingerprint density at radius 1 is 1.06 bits per heavy atom. The van der Waals surface area contributed by atoms with E-state index in [1.807, 2.05) is 12.1 Å². The highest BCUT2D eigenvalue weighted by Crippen LogP contribution is 2.26. The molecule has 1 N–H and O–H groups in total. The minimum atomic E-state index is -4.35. The molecular weight excluding hydrogens is 461 g/mol. The molecular formula is C24H23F3N6O2. The number of benzene rings is 1. The van der Waals surface area contributed by atoms with Gasteiger partial charge >= 0.3 is 6.18 Å². The van der Waals surface area contributed by atoms with E-state index in [4.69, 9.17) is 0 Å².